The fourth-order valence-electron chi connectivity index (χ4n) is 4.17. The molecule has 25 heavy (non-hydrogen) atoms. The molecule has 0 aromatic heterocycles. The minimum atomic E-state index is -0.537. The van der Waals surface area contributed by atoms with Gasteiger partial charge in [-0.1, -0.05) is 30.3 Å². The van der Waals surface area contributed by atoms with Gasteiger partial charge in [0.05, 0.1) is 18.6 Å². The lowest BCUT2D eigenvalue weighted by atomic mass is 9.60. The maximum absolute atomic E-state index is 12.4. The molecule has 2 N–H and O–H groups in total. The Kier molecular flexibility index (Phi) is 5.58. The molecule has 3 fully saturated rings. The van der Waals surface area contributed by atoms with E-state index in [-0.39, 0.29) is 37.1 Å². The maximum Gasteiger partial charge on any atom is 0.407 e. The largest absolute Gasteiger partial charge is 0.466 e. The van der Waals surface area contributed by atoms with Crippen molar-refractivity contribution in [2.24, 2.45) is 17.8 Å². The zero-order valence-electron chi connectivity index (χ0n) is 14.4. The first-order valence-corrected chi connectivity index (χ1v) is 8.92. The summed E-state index contributed by atoms with van der Waals surface area (Å²) in [5, 5.41) is 13.1. The number of ether oxygens (including phenoxy) is 2. The second-order valence-corrected chi connectivity index (χ2v) is 6.81. The molecule has 0 heterocycles. The fraction of sp³-hybridized carbons (Fsp3) is 0.579. The molecule has 0 spiro atoms. The van der Waals surface area contributed by atoms with Gasteiger partial charge in [0.25, 0.3) is 0 Å². The maximum atomic E-state index is 12.4. The van der Waals surface area contributed by atoms with Gasteiger partial charge in [0.15, 0.2) is 0 Å². The summed E-state index contributed by atoms with van der Waals surface area (Å²) in [6.07, 6.45) is 1.23. The number of fused-ring (bicyclic) bond motifs is 3. The smallest absolute Gasteiger partial charge is 0.407 e. The lowest BCUT2D eigenvalue weighted by Crippen LogP contribution is -2.60. The van der Waals surface area contributed by atoms with Gasteiger partial charge in [-0.15, -0.1) is 0 Å². The SMILES string of the molecule is CCOC(=O)[C@H]1[C@H](NC(=O)OCc2ccccc2)[C@@H]2CC[C@H]1C(O)C2. The van der Waals surface area contributed by atoms with Gasteiger partial charge < -0.3 is 19.9 Å². The Balaban J connectivity index is 1.64. The Morgan fingerprint density at radius 1 is 1.20 bits per heavy atom. The Morgan fingerprint density at radius 2 is 1.96 bits per heavy atom. The van der Waals surface area contributed by atoms with Crippen LogP contribution in [0.2, 0.25) is 0 Å². The summed E-state index contributed by atoms with van der Waals surface area (Å²) in [4.78, 5) is 24.6. The highest BCUT2D eigenvalue weighted by Crippen LogP contribution is 2.45. The van der Waals surface area contributed by atoms with Crippen LogP contribution in [0, 0.1) is 17.8 Å². The molecule has 0 saturated heterocycles. The molecule has 5 atom stereocenters. The number of amides is 1. The zero-order valence-corrected chi connectivity index (χ0v) is 14.4. The van der Waals surface area contributed by atoms with Crippen LogP contribution in [0.4, 0.5) is 4.79 Å². The van der Waals surface area contributed by atoms with Crippen molar-refractivity contribution in [1.29, 1.82) is 0 Å². The lowest BCUT2D eigenvalue weighted by molar-refractivity contribution is -0.162. The number of nitrogens with one attached hydrogen (secondary N) is 1. The van der Waals surface area contributed by atoms with Crippen LogP contribution in [-0.2, 0) is 20.9 Å². The van der Waals surface area contributed by atoms with Crippen molar-refractivity contribution >= 4 is 12.1 Å². The molecular formula is C19H25NO5. The van der Waals surface area contributed by atoms with E-state index in [9.17, 15) is 14.7 Å². The fourth-order valence-corrected chi connectivity index (χ4v) is 4.17. The normalized spacial score (nSPS) is 30.6. The molecule has 1 aromatic rings. The van der Waals surface area contributed by atoms with E-state index < -0.39 is 18.1 Å². The van der Waals surface area contributed by atoms with Crippen molar-refractivity contribution in [3.63, 3.8) is 0 Å². The van der Waals surface area contributed by atoms with E-state index in [1.54, 1.807) is 6.92 Å². The number of alkyl carbamates (subject to hydrolysis) is 1. The monoisotopic (exact) mass is 347 g/mol. The number of carbonyl (C=O) groups excluding carboxylic acids is 2. The predicted octanol–water partition coefficient (Wildman–Crippen LogP) is 2.25. The third-order valence-corrected chi connectivity index (χ3v) is 5.32. The van der Waals surface area contributed by atoms with E-state index in [1.165, 1.54) is 0 Å². The van der Waals surface area contributed by atoms with Crippen LogP contribution < -0.4 is 5.32 Å². The second-order valence-electron chi connectivity index (χ2n) is 6.81. The molecule has 3 aliphatic carbocycles. The summed E-state index contributed by atoms with van der Waals surface area (Å²) in [7, 11) is 0. The van der Waals surface area contributed by atoms with Crippen LogP contribution in [0.1, 0.15) is 31.7 Å². The lowest BCUT2D eigenvalue weighted by Gasteiger charge is -2.49. The summed E-state index contributed by atoms with van der Waals surface area (Å²) in [5.74, 6) is -0.946. The topological polar surface area (TPSA) is 84.9 Å². The highest BCUT2D eigenvalue weighted by atomic mass is 16.5. The van der Waals surface area contributed by atoms with Crippen molar-refractivity contribution in [2.45, 2.75) is 44.9 Å². The number of hydrogen-bond donors (Lipinski definition) is 2. The Bertz CT molecular complexity index is 605. The first kappa shape index (κ1) is 17.7. The molecule has 2 bridgehead atoms. The summed E-state index contributed by atoms with van der Waals surface area (Å²) in [6.45, 7) is 2.22. The van der Waals surface area contributed by atoms with Gasteiger partial charge in [0.1, 0.15) is 6.61 Å². The van der Waals surface area contributed by atoms with Crippen LogP contribution in [0.25, 0.3) is 0 Å². The summed E-state index contributed by atoms with van der Waals surface area (Å²) in [6, 6.07) is 9.09. The average molecular weight is 347 g/mol. The molecule has 6 heteroatoms. The van der Waals surface area contributed by atoms with E-state index in [0.717, 1.165) is 18.4 Å². The number of hydrogen-bond acceptors (Lipinski definition) is 5. The number of carbonyl (C=O) groups is 2. The number of esters is 1. The van der Waals surface area contributed by atoms with Crippen molar-refractivity contribution in [1.82, 2.24) is 5.32 Å². The Hall–Kier alpha value is -2.08. The second kappa shape index (κ2) is 7.87. The van der Waals surface area contributed by atoms with Crippen LogP contribution in [-0.4, -0.2) is 35.9 Å². The first-order valence-electron chi connectivity index (χ1n) is 8.92. The molecular weight excluding hydrogens is 322 g/mol. The molecule has 4 rings (SSSR count). The third-order valence-electron chi connectivity index (χ3n) is 5.32. The zero-order chi connectivity index (χ0) is 17.8. The number of benzene rings is 1. The minimum Gasteiger partial charge on any atom is -0.466 e. The van der Waals surface area contributed by atoms with Gasteiger partial charge in [0.2, 0.25) is 0 Å². The molecule has 3 saturated carbocycles. The van der Waals surface area contributed by atoms with E-state index in [1.807, 2.05) is 30.3 Å². The van der Waals surface area contributed by atoms with Crippen molar-refractivity contribution in [2.75, 3.05) is 6.61 Å². The van der Waals surface area contributed by atoms with E-state index in [4.69, 9.17) is 9.47 Å². The van der Waals surface area contributed by atoms with Gasteiger partial charge in [-0.05, 0) is 37.7 Å². The van der Waals surface area contributed by atoms with Gasteiger partial charge >= 0.3 is 12.1 Å². The molecule has 1 amide bonds. The van der Waals surface area contributed by atoms with Gasteiger partial charge in [-0.25, -0.2) is 4.79 Å². The summed E-state index contributed by atoms with van der Waals surface area (Å²) < 4.78 is 10.5. The third kappa shape index (κ3) is 3.95. The number of aliphatic hydroxyl groups is 1. The minimum absolute atomic E-state index is 0.0682. The molecule has 6 nitrogen and oxygen atoms in total. The molecule has 136 valence electrons. The standard InChI is InChI=1S/C19H25NO5/c1-2-24-18(22)16-14-9-8-13(10-15(14)21)17(16)20-19(23)25-11-12-6-4-3-5-7-12/h3-7,13-17,21H,2,8-11H2,1H3,(H,20,23)/t13-,14+,15?,16-,17-/m1/s1. The number of rotatable bonds is 5. The average Bonchev–Trinajstić information content (AvgIpc) is 2.62. The molecule has 1 aromatic carbocycles. The quantitative estimate of drug-likeness (QED) is 0.798. The molecule has 0 radical (unpaired) electrons. The highest BCUT2D eigenvalue weighted by Gasteiger charge is 2.52. The predicted molar refractivity (Wildman–Crippen MR) is 90.5 cm³/mol. The van der Waals surface area contributed by atoms with Gasteiger partial charge in [-0.2, -0.15) is 0 Å². The molecule has 3 aliphatic rings. The Morgan fingerprint density at radius 3 is 2.64 bits per heavy atom. The van der Waals surface area contributed by atoms with E-state index >= 15 is 0 Å². The Labute approximate surface area is 147 Å². The van der Waals surface area contributed by atoms with Crippen LogP contribution in [0.15, 0.2) is 30.3 Å². The number of aliphatic hydroxyl groups excluding tert-OH is 1. The van der Waals surface area contributed by atoms with Crippen molar-refractivity contribution < 1.29 is 24.2 Å². The highest BCUT2D eigenvalue weighted by molar-refractivity contribution is 5.76. The van der Waals surface area contributed by atoms with Crippen LogP contribution in [0.5, 0.6) is 0 Å². The molecule has 0 aliphatic heterocycles. The van der Waals surface area contributed by atoms with E-state index in [2.05, 4.69) is 5.32 Å². The van der Waals surface area contributed by atoms with Crippen LogP contribution >= 0.6 is 0 Å². The first-order chi connectivity index (χ1) is 12.1. The van der Waals surface area contributed by atoms with Crippen molar-refractivity contribution in [3.05, 3.63) is 35.9 Å². The van der Waals surface area contributed by atoms with Crippen LogP contribution in [0.3, 0.4) is 0 Å². The van der Waals surface area contributed by atoms with Gasteiger partial charge in [-0.3, -0.25) is 4.79 Å². The molecule has 1 unspecified atom stereocenters. The van der Waals surface area contributed by atoms with E-state index in [0.29, 0.717) is 6.42 Å². The summed E-state index contributed by atoms with van der Waals surface area (Å²) >= 11 is 0. The van der Waals surface area contributed by atoms with Gasteiger partial charge in [0, 0.05) is 12.0 Å². The summed E-state index contributed by atoms with van der Waals surface area (Å²) in [5.41, 5.74) is 0.903. The van der Waals surface area contributed by atoms with Crippen molar-refractivity contribution in [3.8, 4) is 0 Å².